The van der Waals surface area contributed by atoms with Crippen LogP contribution in [0, 0.1) is 0 Å². The maximum absolute atomic E-state index is 13.6. The number of carbonyl (C=O) groups is 1. The molecule has 1 amide bonds. The lowest BCUT2D eigenvalue weighted by Crippen LogP contribution is -2.56. The van der Waals surface area contributed by atoms with Gasteiger partial charge in [-0.2, -0.15) is 26.3 Å². The first kappa shape index (κ1) is 34.4. The highest BCUT2D eigenvalue weighted by molar-refractivity contribution is 7.99. The van der Waals surface area contributed by atoms with Gasteiger partial charge in [0.05, 0.1) is 11.1 Å². The lowest BCUT2D eigenvalue weighted by Gasteiger charge is -2.42. The summed E-state index contributed by atoms with van der Waals surface area (Å²) in [5.74, 6) is 1.32. The zero-order valence-corrected chi connectivity index (χ0v) is 25.0. The number of thioether (sulfide) groups is 1. The van der Waals surface area contributed by atoms with E-state index in [4.69, 9.17) is 0 Å². The average Bonchev–Trinajstić information content (AvgIpc) is 3.58. The number of carbonyl (C=O) groups excluding carboxylic acids is 1. The van der Waals surface area contributed by atoms with E-state index in [1.54, 1.807) is 0 Å². The number of rotatable bonds is 7. The largest absolute Gasteiger partial charge is 0.416 e. The molecule has 0 spiro atoms. The van der Waals surface area contributed by atoms with Crippen LogP contribution in [-0.4, -0.2) is 82.5 Å². The molecule has 2 aromatic carbocycles. The summed E-state index contributed by atoms with van der Waals surface area (Å²) in [6.07, 6.45) is -6.83. The van der Waals surface area contributed by atoms with E-state index in [0.717, 1.165) is 54.2 Å². The van der Waals surface area contributed by atoms with Gasteiger partial charge in [0.25, 0.3) is 5.91 Å². The Morgan fingerprint density at radius 1 is 0.905 bits per heavy atom. The van der Waals surface area contributed by atoms with Gasteiger partial charge in [0.15, 0.2) is 0 Å². The number of piperazine rings is 1. The quantitative estimate of drug-likeness (QED) is 0.284. The number of fused-ring (bicyclic) bond motifs is 1. The molecule has 14 heteroatoms. The van der Waals surface area contributed by atoms with Crippen LogP contribution in [0.4, 0.5) is 26.3 Å². The van der Waals surface area contributed by atoms with Crippen molar-refractivity contribution in [3.05, 3.63) is 70.9 Å². The SMILES string of the molecule is Cl.Cl.O=C(c1cc(C(F)(F)F)cc(C(F)(F)F)c1)N1CCN(CCCN2CCSC2)C[C@H]1Cc1c[nH]c2ccccc12. The minimum atomic E-state index is -5.02. The first-order valence-corrected chi connectivity index (χ1v) is 14.3. The molecule has 0 aliphatic carbocycles. The lowest BCUT2D eigenvalue weighted by atomic mass is 9.98. The van der Waals surface area contributed by atoms with Gasteiger partial charge >= 0.3 is 12.4 Å². The molecule has 1 N–H and O–H groups in total. The van der Waals surface area contributed by atoms with Crippen molar-refractivity contribution in [2.75, 3.05) is 50.9 Å². The second kappa shape index (κ2) is 14.1. The summed E-state index contributed by atoms with van der Waals surface area (Å²) in [6, 6.07) is 8.35. The molecule has 2 fully saturated rings. The van der Waals surface area contributed by atoms with Gasteiger partial charge in [-0.15, -0.1) is 36.6 Å². The van der Waals surface area contributed by atoms with E-state index in [0.29, 0.717) is 31.6 Å². The second-order valence-electron chi connectivity index (χ2n) is 10.3. The fraction of sp³-hybridized carbons (Fsp3) is 0.464. The van der Waals surface area contributed by atoms with Gasteiger partial charge in [-0.1, -0.05) is 18.2 Å². The number of hydrogen-bond donors (Lipinski definition) is 1. The second-order valence-corrected chi connectivity index (χ2v) is 11.4. The Labute approximate surface area is 256 Å². The summed E-state index contributed by atoms with van der Waals surface area (Å²) < 4.78 is 81.0. The third-order valence-electron chi connectivity index (χ3n) is 7.57. The van der Waals surface area contributed by atoms with E-state index >= 15 is 0 Å². The lowest BCUT2D eigenvalue weighted by molar-refractivity contribution is -0.143. The molecule has 3 aromatic rings. The Hall–Kier alpha value is -2.12. The van der Waals surface area contributed by atoms with Gasteiger partial charge in [0.2, 0.25) is 0 Å². The Kier molecular flexibility index (Phi) is 11.5. The van der Waals surface area contributed by atoms with Crippen LogP contribution in [-0.2, 0) is 18.8 Å². The summed E-state index contributed by atoms with van der Waals surface area (Å²) >= 11 is 1.90. The van der Waals surface area contributed by atoms with Crippen LogP contribution in [0.5, 0.6) is 0 Å². The van der Waals surface area contributed by atoms with Gasteiger partial charge in [-0.05, 0) is 49.2 Å². The Morgan fingerprint density at radius 2 is 1.57 bits per heavy atom. The molecule has 42 heavy (non-hydrogen) atoms. The normalized spacial score (nSPS) is 18.6. The van der Waals surface area contributed by atoms with Crippen LogP contribution >= 0.6 is 36.6 Å². The topological polar surface area (TPSA) is 42.6 Å². The molecular formula is C28H32Cl2F6N4OS. The first-order chi connectivity index (χ1) is 19.0. The number of halogens is 8. The standard InChI is InChI=1S/C28H30F6N4OS.2ClH/c29-27(30,31)21-12-19(13-22(15-21)28(32,33)34)26(39)38-9-8-36(6-3-7-37-10-11-40-18-37)17-23(38)14-20-16-35-25-5-2-1-4-24(20)25;;/h1-2,4-5,12-13,15-16,23,35H,3,6-11,14,17-18H2;2*1H/t23-;;/m1../s1. The van der Waals surface area contributed by atoms with Gasteiger partial charge in [0, 0.05) is 73.1 Å². The average molecular weight is 658 g/mol. The highest BCUT2D eigenvalue weighted by Gasteiger charge is 2.39. The molecular weight excluding hydrogens is 625 g/mol. The molecule has 1 atom stereocenters. The van der Waals surface area contributed by atoms with Crippen LogP contribution < -0.4 is 0 Å². The van der Waals surface area contributed by atoms with Crippen LogP contribution in [0.2, 0.25) is 0 Å². The number of nitrogens with one attached hydrogen (secondary N) is 1. The fourth-order valence-electron chi connectivity index (χ4n) is 5.51. The first-order valence-electron chi connectivity index (χ1n) is 13.2. The van der Waals surface area contributed by atoms with E-state index in [1.807, 2.05) is 42.2 Å². The Morgan fingerprint density at radius 3 is 2.21 bits per heavy atom. The van der Waals surface area contributed by atoms with Crippen LogP contribution in [0.1, 0.15) is 33.5 Å². The van der Waals surface area contributed by atoms with Crippen molar-refractivity contribution in [1.29, 1.82) is 0 Å². The summed E-state index contributed by atoms with van der Waals surface area (Å²) in [5, 5.41) is 0.969. The number of aromatic nitrogens is 1. The van der Waals surface area contributed by atoms with Crippen LogP contribution in [0.15, 0.2) is 48.7 Å². The molecule has 3 heterocycles. The monoisotopic (exact) mass is 656 g/mol. The van der Waals surface area contributed by atoms with Gasteiger partial charge in [-0.25, -0.2) is 0 Å². The maximum atomic E-state index is 13.6. The minimum Gasteiger partial charge on any atom is -0.361 e. The van der Waals surface area contributed by atoms with Crippen molar-refractivity contribution in [3.8, 4) is 0 Å². The number of amides is 1. The molecule has 0 saturated carbocycles. The number of alkyl halides is 6. The fourth-order valence-corrected chi connectivity index (χ4v) is 6.54. The van der Waals surface area contributed by atoms with Gasteiger partial charge < -0.3 is 9.88 Å². The third-order valence-corrected chi connectivity index (χ3v) is 8.59. The van der Waals surface area contributed by atoms with Crippen LogP contribution in [0.25, 0.3) is 10.9 Å². The van der Waals surface area contributed by atoms with E-state index in [9.17, 15) is 31.1 Å². The molecule has 2 aliphatic rings. The molecule has 0 unspecified atom stereocenters. The van der Waals surface area contributed by atoms with E-state index in [2.05, 4.69) is 14.8 Å². The molecule has 1 aromatic heterocycles. The summed E-state index contributed by atoms with van der Waals surface area (Å²) in [6.45, 7) is 4.01. The van der Waals surface area contributed by atoms with Crippen molar-refractivity contribution >= 4 is 53.4 Å². The zero-order valence-electron chi connectivity index (χ0n) is 22.5. The number of H-pyrrole nitrogens is 1. The molecule has 0 bridgehead atoms. The predicted octanol–water partition coefficient (Wildman–Crippen LogP) is 6.81. The van der Waals surface area contributed by atoms with Gasteiger partial charge in [-0.3, -0.25) is 14.6 Å². The number of aromatic amines is 1. The van der Waals surface area contributed by atoms with E-state index in [-0.39, 0.29) is 37.4 Å². The van der Waals surface area contributed by atoms with Crippen molar-refractivity contribution in [3.63, 3.8) is 0 Å². The number of nitrogens with zero attached hydrogens (tertiary/aromatic N) is 3. The molecule has 2 aliphatic heterocycles. The molecule has 0 radical (unpaired) electrons. The smallest absolute Gasteiger partial charge is 0.361 e. The van der Waals surface area contributed by atoms with Crippen molar-refractivity contribution in [2.24, 2.45) is 0 Å². The highest BCUT2D eigenvalue weighted by atomic mass is 35.5. The van der Waals surface area contributed by atoms with Gasteiger partial charge in [0.1, 0.15) is 0 Å². The van der Waals surface area contributed by atoms with E-state index < -0.39 is 41.0 Å². The predicted molar refractivity (Wildman–Crippen MR) is 158 cm³/mol. The Bertz CT molecular complexity index is 1310. The maximum Gasteiger partial charge on any atom is 0.416 e. The molecule has 5 rings (SSSR count). The highest BCUT2D eigenvalue weighted by Crippen LogP contribution is 2.37. The molecule has 5 nitrogen and oxygen atoms in total. The number of para-hydroxylation sites is 1. The van der Waals surface area contributed by atoms with E-state index in [1.165, 1.54) is 4.90 Å². The molecule has 2 saturated heterocycles. The van der Waals surface area contributed by atoms with Crippen molar-refractivity contribution < 1.29 is 31.1 Å². The van der Waals surface area contributed by atoms with Crippen molar-refractivity contribution in [1.82, 2.24) is 19.7 Å². The summed E-state index contributed by atoms with van der Waals surface area (Å²) in [5.41, 5.74) is -1.73. The van der Waals surface area contributed by atoms with Crippen molar-refractivity contribution in [2.45, 2.75) is 31.2 Å². The number of benzene rings is 2. The Balaban J connectivity index is 0.00000242. The summed E-state index contributed by atoms with van der Waals surface area (Å²) in [4.78, 5) is 22.9. The zero-order chi connectivity index (χ0) is 28.5. The molecule has 232 valence electrons. The van der Waals surface area contributed by atoms with Crippen LogP contribution in [0.3, 0.4) is 0 Å². The summed E-state index contributed by atoms with van der Waals surface area (Å²) in [7, 11) is 0. The minimum absolute atomic E-state index is 0. The number of hydrogen-bond acceptors (Lipinski definition) is 4. The third kappa shape index (κ3) is 8.07.